The molecule has 6 heteroatoms. The SMILES string of the molecule is CCOC(=O)CCOc1ccc(-n2sc3ccccc3c2=O)cc1. The van der Waals surface area contributed by atoms with Gasteiger partial charge in [0, 0.05) is 0 Å². The highest BCUT2D eigenvalue weighted by molar-refractivity contribution is 7.14. The number of carbonyl (C=O) groups is 1. The van der Waals surface area contributed by atoms with Gasteiger partial charge in [-0.05, 0) is 43.3 Å². The van der Waals surface area contributed by atoms with Crippen LogP contribution in [0.3, 0.4) is 0 Å². The molecule has 0 radical (unpaired) electrons. The fraction of sp³-hybridized carbons (Fsp3) is 0.222. The standard InChI is InChI=1S/C18H17NO4S/c1-2-22-17(20)11-12-23-14-9-7-13(8-10-14)19-18(21)15-5-3-4-6-16(15)24-19/h3-10H,2,11-12H2,1H3. The Morgan fingerprint density at radius 2 is 1.88 bits per heavy atom. The molecule has 0 saturated heterocycles. The molecule has 0 atom stereocenters. The summed E-state index contributed by atoms with van der Waals surface area (Å²) in [6.07, 6.45) is 0.214. The molecular weight excluding hydrogens is 326 g/mol. The lowest BCUT2D eigenvalue weighted by Crippen LogP contribution is -2.11. The van der Waals surface area contributed by atoms with Crippen LogP contribution in [0.25, 0.3) is 15.8 Å². The number of carbonyl (C=O) groups excluding carboxylic acids is 1. The largest absolute Gasteiger partial charge is 0.493 e. The molecule has 3 rings (SSSR count). The first-order chi connectivity index (χ1) is 11.7. The van der Waals surface area contributed by atoms with Gasteiger partial charge in [0.2, 0.25) is 0 Å². The van der Waals surface area contributed by atoms with E-state index in [2.05, 4.69) is 0 Å². The van der Waals surface area contributed by atoms with E-state index in [1.807, 2.05) is 36.4 Å². The molecule has 3 aromatic rings. The van der Waals surface area contributed by atoms with E-state index in [4.69, 9.17) is 9.47 Å². The lowest BCUT2D eigenvalue weighted by Gasteiger charge is -2.07. The van der Waals surface area contributed by atoms with E-state index in [1.54, 1.807) is 23.0 Å². The second-order valence-corrected chi connectivity index (χ2v) is 6.07. The van der Waals surface area contributed by atoms with Crippen molar-refractivity contribution in [1.82, 2.24) is 3.96 Å². The second-order valence-electron chi connectivity index (χ2n) is 5.08. The molecule has 0 aliphatic carbocycles. The molecule has 24 heavy (non-hydrogen) atoms. The molecule has 2 aromatic carbocycles. The molecule has 0 amide bonds. The molecule has 0 bridgehead atoms. The zero-order valence-corrected chi connectivity index (χ0v) is 14.0. The predicted octanol–water partition coefficient (Wildman–Crippen LogP) is 3.38. The minimum Gasteiger partial charge on any atom is -0.493 e. The lowest BCUT2D eigenvalue weighted by molar-refractivity contribution is -0.143. The van der Waals surface area contributed by atoms with Gasteiger partial charge in [-0.2, -0.15) is 0 Å². The third kappa shape index (κ3) is 3.49. The third-order valence-corrected chi connectivity index (χ3v) is 4.55. The maximum atomic E-state index is 12.4. The molecule has 124 valence electrons. The Kier molecular flexibility index (Phi) is 4.96. The number of nitrogens with zero attached hydrogens (tertiary/aromatic N) is 1. The normalized spacial score (nSPS) is 10.7. The monoisotopic (exact) mass is 343 g/mol. The van der Waals surface area contributed by atoms with Crippen LogP contribution in [0.4, 0.5) is 0 Å². The van der Waals surface area contributed by atoms with E-state index in [0.29, 0.717) is 12.4 Å². The Morgan fingerprint density at radius 3 is 2.58 bits per heavy atom. The van der Waals surface area contributed by atoms with Crippen LogP contribution in [0, 0.1) is 0 Å². The van der Waals surface area contributed by atoms with Crippen LogP contribution in [0.2, 0.25) is 0 Å². The van der Waals surface area contributed by atoms with Crippen LogP contribution in [0.5, 0.6) is 5.75 Å². The van der Waals surface area contributed by atoms with Gasteiger partial charge in [0.05, 0.1) is 35.4 Å². The lowest BCUT2D eigenvalue weighted by atomic mass is 10.3. The minimum atomic E-state index is -0.272. The Morgan fingerprint density at radius 1 is 1.12 bits per heavy atom. The number of ether oxygens (including phenoxy) is 2. The van der Waals surface area contributed by atoms with Crippen LogP contribution >= 0.6 is 11.5 Å². The smallest absolute Gasteiger partial charge is 0.309 e. The van der Waals surface area contributed by atoms with Crippen molar-refractivity contribution in [2.75, 3.05) is 13.2 Å². The predicted molar refractivity (Wildman–Crippen MR) is 94.2 cm³/mol. The number of hydrogen-bond acceptors (Lipinski definition) is 5. The van der Waals surface area contributed by atoms with E-state index in [9.17, 15) is 9.59 Å². The van der Waals surface area contributed by atoms with Crippen LogP contribution in [-0.4, -0.2) is 23.1 Å². The van der Waals surface area contributed by atoms with E-state index in [-0.39, 0.29) is 24.6 Å². The number of hydrogen-bond donors (Lipinski definition) is 0. The molecule has 0 aliphatic heterocycles. The van der Waals surface area contributed by atoms with Gasteiger partial charge in [0.1, 0.15) is 5.75 Å². The van der Waals surface area contributed by atoms with Crippen molar-refractivity contribution in [1.29, 1.82) is 0 Å². The zero-order valence-electron chi connectivity index (χ0n) is 13.2. The van der Waals surface area contributed by atoms with Gasteiger partial charge in [-0.3, -0.25) is 9.59 Å². The molecule has 1 heterocycles. The number of benzene rings is 2. The highest BCUT2D eigenvalue weighted by Gasteiger charge is 2.09. The quantitative estimate of drug-likeness (QED) is 0.644. The van der Waals surface area contributed by atoms with Crippen molar-refractivity contribution >= 4 is 27.6 Å². The Labute approximate surface area is 143 Å². The number of esters is 1. The highest BCUT2D eigenvalue weighted by atomic mass is 32.1. The zero-order chi connectivity index (χ0) is 16.9. The van der Waals surface area contributed by atoms with Crippen molar-refractivity contribution in [3.8, 4) is 11.4 Å². The van der Waals surface area contributed by atoms with Crippen molar-refractivity contribution < 1.29 is 14.3 Å². The summed E-state index contributed by atoms with van der Waals surface area (Å²) in [5.41, 5.74) is 0.769. The first-order valence-corrected chi connectivity index (χ1v) is 8.46. The second kappa shape index (κ2) is 7.31. The van der Waals surface area contributed by atoms with Gasteiger partial charge in [-0.1, -0.05) is 23.7 Å². The van der Waals surface area contributed by atoms with Crippen molar-refractivity contribution in [2.24, 2.45) is 0 Å². The maximum Gasteiger partial charge on any atom is 0.309 e. The molecule has 0 saturated carbocycles. The first-order valence-electron chi connectivity index (χ1n) is 7.69. The minimum absolute atomic E-state index is 0.0217. The fourth-order valence-electron chi connectivity index (χ4n) is 2.31. The fourth-order valence-corrected chi connectivity index (χ4v) is 3.30. The van der Waals surface area contributed by atoms with E-state index in [1.165, 1.54) is 11.5 Å². The summed E-state index contributed by atoms with van der Waals surface area (Å²) < 4.78 is 13.0. The molecule has 0 unspecified atom stereocenters. The van der Waals surface area contributed by atoms with Crippen LogP contribution in [-0.2, 0) is 9.53 Å². The van der Waals surface area contributed by atoms with Gasteiger partial charge in [0.15, 0.2) is 0 Å². The summed E-state index contributed by atoms with van der Waals surface area (Å²) in [7, 11) is 0. The summed E-state index contributed by atoms with van der Waals surface area (Å²) in [6, 6.07) is 14.8. The van der Waals surface area contributed by atoms with Crippen molar-refractivity contribution in [3.63, 3.8) is 0 Å². The molecule has 0 fully saturated rings. The van der Waals surface area contributed by atoms with E-state index in [0.717, 1.165) is 15.8 Å². The molecule has 0 N–H and O–H groups in total. The van der Waals surface area contributed by atoms with Crippen LogP contribution in [0.15, 0.2) is 53.3 Å². The summed E-state index contributed by atoms with van der Waals surface area (Å²) >= 11 is 1.41. The molecule has 0 aliphatic rings. The molecule has 0 spiro atoms. The topological polar surface area (TPSA) is 57.5 Å². The molecule has 1 aromatic heterocycles. The summed E-state index contributed by atoms with van der Waals surface area (Å²) in [6.45, 7) is 2.41. The maximum absolute atomic E-state index is 12.4. The van der Waals surface area contributed by atoms with Crippen molar-refractivity contribution in [2.45, 2.75) is 13.3 Å². The Balaban J connectivity index is 1.71. The summed E-state index contributed by atoms with van der Waals surface area (Å²) in [4.78, 5) is 23.7. The average molecular weight is 343 g/mol. The van der Waals surface area contributed by atoms with E-state index < -0.39 is 0 Å². The summed E-state index contributed by atoms with van der Waals surface area (Å²) in [5, 5.41) is 0.720. The van der Waals surface area contributed by atoms with Gasteiger partial charge in [-0.15, -0.1) is 0 Å². The average Bonchev–Trinajstić information content (AvgIpc) is 2.93. The number of aromatic nitrogens is 1. The number of fused-ring (bicyclic) bond motifs is 1. The van der Waals surface area contributed by atoms with Gasteiger partial charge < -0.3 is 9.47 Å². The highest BCUT2D eigenvalue weighted by Crippen LogP contribution is 2.21. The Hall–Kier alpha value is -2.60. The van der Waals surface area contributed by atoms with E-state index >= 15 is 0 Å². The number of rotatable bonds is 6. The molecular formula is C18H17NO4S. The van der Waals surface area contributed by atoms with Gasteiger partial charge in [0.25, 0.3) is 5.56 Å². The third-order valence-electron chi connectivity index (χ3n) is 3.44. The first kappa shape index (κ1) is 16.3. The van der Waals surface area contributed by atoms with Crippen molar-refractivity contribution in [3.05, 3.63) is 58.9 Å². The summed E-state index contributed by atoms with van der Waals surface area (Å²) in [5.74, 6) is 0.378. The van der Waals surface area contributed by atoms with Crippen LogP contribution in [0.1, 0.15) is 13.3 Å². The van der Waals surface area contributed by atoms with Crippen LogP contribution < -0.4 is 10.3 Å². The Bertz CT molecular complexity index is 895. The molecule has 5 nitrogen and oxygen atoms in total. The van der Waals surface area contributed by atoms with Gasteiger partial charge in [-0.25, -0.2) is 3.96 Å². The van der Waals surface area contributed by atoms with Gasteiger partial charge >= 0.3 is 5.97 Å².